The van der Waals surface area contributed by atoms with Gasteiger partial charge in [-0.25, -0.2) is 0 Å². The Hall–Kier alpha value is -0.0400. The molecule has 0 aliphatic rings. The van der Waals surface area contributed by atoms with Gasteiger partial charge in [-0.1, -0.05) is 80.7 Å². The predicted molar refractivity (Wildman–Crippen MR) is 92.0 cm³/mol. The van der Waals surface area contributed by atoms with Crippen LogP contribution in [-0.4, -0.2) is 13.2 Å². The maximum absolute atomic E-state index is 5.13. The highest BCUT2D eigenvalue weighted by Crippen LogP contribution is 1.81. The molecule has 0 radical (unpaired) electrons. The Morgan fingerprint density at radius 1 is 0.500 bits per heavy atom. The maximum atomic E-state index is 5.13. The molecule has 0 aromatic rings. The molecule has 0 aliphatic carbocycles. The minimum absolute atomic E-state index is 0. The lowest BCUT2D eigenvalue weighted by atomic mass is 10.5. The lowest BCUT2D eigenvalue weighted by Crippen LogP contribution is -1.92. The number of ether oxygens (including phenoxy) is 1. The van der Waals surface area contributed by atoms with Crippen molar-refractivity contribution in [3.05, 3.63) is 0 Å². The third-order valence-corrected chi connectivity index (χ3v) is 0.697. The molecule has 0 heterocycles. The van der Waals surface area contributed by atoms with Gasteiger partial charge in [0.05, 0.1) is 0 Å². The lowest BCUT2D eigenvalue weighted by molar-refractivity contribution is 0.135. The van der Waals surface area contributed by atoms with Gasteiger partial charge in [-0.3, -0.25) is 0 Å². The molecule has 0 aliphatic heterocycles. The molecule has 0 atom stereocenters. The van der Waals surface area contributed by atoms with Gasteiger partial charge < -0.3 is 4.74 Å². The van der Waals surface area contributed by atoms with E-state index < -0.39 is 0 Å². The summed E-state index contributed by atoms with van der Waals surface area (Å²) in [6.07, 6.45) is 2.28. The quantitative estimate of drug-likeness (QED) is 0.465. The molecule has 0 aromatic heterocycles. The first-order valence-corrected chi connectivity index (χ1v) is 2.99. The minimum Gasteiger partial charge on any atom is -0.381 e. The fourth-order valence-corrected chi connectivity index (χ4v) is 0.391. The summed E-state index contributed by atoms with van der Waals surface area (Å²) in [6.45, 7) is 6.09. The second-order valence-corrected chi connectivity index (χ2v) is 1.61. The van der Waals surface area contributed by atoms with E-state index in [9.17, 15) is 0 Å². The fourth-order valence-electron chi connectivity index (χ4n) is 0.391. The summed E-state index contributed by atoms with van der Waals surface area (Å²) < 4.78 is 5.13. The van der Waals surface area contributed by atoms with E-state index in [1.54, 1.807) is 0 Å². The Morgan fingerprint density at radius 2 is 0.688 bits per heavy atom. The normalized spacial score (nSPS) is 4.12. The van der Waals surface area contributed by atoms with Crippen LogP contribution in [0.1, 0.15) is 93.5 Å². The Kier molecular flexibility index (Phi) is 745. The van der Waals surface area contributed by atoms with Crippen molar-refractivity contribution >= 4 is 0 Å². The van der Waals surface area contributed by atoms with E-state index >= 15 is 0 Å². The standard InChI is InChI=1S/C6H14O.9CH4/c1-3-5-7-6-4-2;;;;;;;;;/h3-6H2,1-2H3;9*1H4. The average Bonchev–Trinajstić information content (AvgIpc) is 1.69. The summed E-state index contributed by atoms with van der Waals surface area (Å²) in [5.74, 6) is 0. The van der Waals surface area contributed by atoms with Crippen molar-refractivity contribution in [1.29, 1.82) is 0 Å². The summed E-state index contributed by atoms with van der Waals surface area (Å²) >= 11 is 0. The molecular formula is C15H50O. The van der Waals surface area contributed by atoms with E-state index in [2.05, 4.69) is 13.8 Å². The molecule has 0 unspecified atom stereocenters. The number of hydrogen-bond acceptors (Lipinski definition) is 1. The molecule has 0 spiro atoms. The zero-order valence-electron chi connectivity index (χ0n) is 5.24. The lowest BCUT2D eigenvalue weighted by Gasteiger charge is -1.95. The highest BCUT2D eigenvalue weighted by atomic mass is 16.5. The van der Waals surface area contributed by atoms with Crippen LogP contribution in [0.2, 0.25) is 0 Å². The largest absolute Gasteiger partial charge is 0.381 e. The van der Waals surface area contributed by atoms with Crippen LogP contribution in [0.15, 0.2) is 0 Å². The Bertz CT molecular complexity index is 24.6. The molecule has 0 aromatic carbocycles. The van der Waals surface area contributed by atoms with Gasteiger partial charge in [0.25, 0.3) is 0 Å². The van der Waals surface area contributed by atoms with Gasteiger partial charge >= 0.3 is 0 Å². The Morgan fingerprint density at radius 3 is 0.812 bits per heavy atom. The summed E-state index contributed by atoms with van der Waals surface area (Å²) in [5.41, 5.74) is 0. The Balaban J connectivity index is -0.00000000500. The van der Waals surface area contributed by atoms with Crippen LogP contribution in [0.5, 0.6) is 0 Å². The van der Waals surface area contributed by atoms with E-state index in [-0.39, 0.29) is 66.8 Å². The summed E-state index contributed by atoms with van der Waals surface area (Å²) in [5, 5.41) is 0. The molecule has 0 saturated heterocycles. The maximum Gasteiger partial charge on any atom is 0.0463 e. The van der Waals surface area contributed by atoms with Gasteiger partial charge in [0.1, 0.15) is 0 Å². The molecule has 0 rings (SSSR count). The van der Waals surface area contributed by atoms with E-state index in [4.69, 9.17) is 4.74 Å². The van der Waals surface area contributed by atoms with E-state index in [1.807, 2.05) is 0 Å². The summed E-state index contributed by atoms with van der Waals surface area (Å²) in [4.78, 5) is 0. The highest BCUT2D eigenvalue weighted by molar-refractivity contribution is 4.25. The zero-order valence-corrected chi connectivity index (χ0v) is 5.24. The molecule has 0 bridgehead atoms. The van der Waals surface area contributed by atoms with Gasteiger partial charge in [0, 0.05) is 13.2 Å². The van der Waals surface area contributed by atoms with Crippen molar-refractivity contribution in [3.8, 4) is 0 Å². The second kappa shape index (κ2) is 119. The molecule has 16 heavy (non-hydrogen) atoms. The third kappa shape index (κ3) is 150. The first-order chi connectivity index (χ1) is 3.41. The van der Waals surface area contributed by atoms with E-state index in [1.165, 1.54) is 0 Å². The predicted octanol–water partition coefficient (Wildman–Crippen LogP) is 7.55. The SMILES string of the molecule is C.C.C.C.C.C.C.C.C.CCCOCCC. The van der Waals surface area contributed by atoms with Crippen LogP contribution in [0.3, 0.4) is 0 Å². The minimum atomic E-state index is 0. The fraction of sp³-hybridized carbons (Fsp3) is 1.00. The van der Waals surface area contributed by atoms with Crippen LogP contribution < -0.4 is 0 Å². The van der Waals surface area contributed by atoms with Gasteiger partial charge in [-0.05, 0) is 12.8 Å². The topological polar surface area (TPSA) is 9.23 Å². The van der Waals surface area contributed by atoms with Crippen LogP contribution in [0.4, 0.5) is 0 Å². The van der Waals surface area contributed by atoms with E-state index in [0.717, 1.165) is 26.1 Å². The number of hydrogen-bond donors (Lipinski definition) is 0. The summed E-state index contributed by atoms with van der Waals surface area (Å²) in [7, 11) is 0. The smallest absolute Gasteiger partial charge is 0.0463 e. The zero-order chi connectivity index (χ0) is 5.54. The molecule has 116 valence electrons. The van der Waals surface area contributed by atoms with Gasteiger partial charge in [0.2, 0.25) is 0 Å². The van der Waals surface area contributed by atoms with Crippen molar-refractivity contribution in [2.24, 2.45) is 0 Å². The first kappa shape index (κ1) is 101. The van der Waals surface area contributed by atoms with Crippen LogP contribution in [0.25, 0.3) is 0 Å². The molecule has 1 nitrogen and oxygen atoms in total. The molecule has 0 N–H and O–H groups in total. The highest BCUT2D eigenvalue weighted by Gasteiger charge is 1.77. The van der Waals surface area contributed by atoms with Crippen LogP contribution in [-0.2, 0) is 4.74 Å². The van der Waals surface area contributed by atoms with Gasteiger partial charge in [0.15, 0.2) is 0 Å². The van der Waals surface area contributed by atoms with Crippen molar-refractivity contribution in [2.75, 3.05) is 13.2 Å². The average molecular weight is 247 g/mol. The van der Waals surface area contributed by atoms with Crippen molar-refractivity contribution in [3.63, 3.8) is 0 Å². The molecular weight excluding hydrogens is 196 g/mol. The second-order valence-electron chi connectivity index (χ2n) is 1.61. The third-order valence-electron chi connectivity index (χ3n) is 0.697. The summed E-state index contributed by atoms with van der Waals surface area (Å²) in [6, 6.07) is 0. The van der Waals surface area contributed by atoms with Crippen molar-refractivity contribution in [2.45, 2.75) is 93.5 Å². The molecule has 1 heteroatoms. The van der Waals surface area contributed by atoms with Gasteiger partial charge in [-0.2, -0.15) is 0 Å². The van der Waals surface area contributed by atoms with E-state index in [0.29, 0.717) is 0 Å². The number of rotatable bonds is 4. The van der Waals surface area contributed by atoms with Crippen molar-refractivity contribution < 1.29 is 4.74 Å². The molecule has 0 fully saturated rings. The van der Waals surface area contributed by atoms with Gasteiger partial charge in [-0.15, -0.1) is 0 Å². The van der Waals surface area contributed by atoms with Crippen LogP contribution >= 0.6 is 0 Å². The van der Waals surface area contributed by atoms with Crippen molar-refractivity contribution in [1.82, 2.24) is 0 Å². The Labute approximate surface area is 112 Å². The van der Waals surface area contributed by atoms with Crippen LogP contribution in [0, 0.1) is 0 Å². The molecule has 0 amide bonds. The monoisotopic (exact) mass is 246 g/mol. The molecule has 0 saturated carbocycles. The first-order valence-electron chi connectivity index (χ1n) is 2.99.